The lowest BCUT2D eigenvalue weighted by molar-refractivity contribution is -0.121. The smallest absolute Gasteiger partial charge is 0.220 e. The van der Waals surface area contributed by atoms with Crippen molar-refractivity contribution in [3.8, 4) is 0 Å². The Morgan fingerprint density at radius 1 is 1.33 bits per heavy atom. The van der Waals surface area contributed by atoms with Crippen LogP contribution in [0.1, 0.15) is 29.5 Å². The van der Waals surface area contributed by atoms with Crippen molar-refractivity contribution in [1.29, 1.82) is 0 Å². The molecule has 1 heterocycles. The van der Waals surface area contributed by atoms with Crippen molar-refractivity contribution in [3.63, 3.8) is 0 Å². The largest absolute Gasteiger partial charge is 0.364 e. The Hall–Kier alpha value is -2.17. The second kappa shape index (κ2) is 7.57. The number of aromatic nitrogens is 1. The number of nitrogens with zero attached hydrogens (tertiary/aromatic N) is 1. The molecule has 1 aromatic heterocycles. The van der Waals surface area contributed by atoms with Gasteiger partial charge in [0.2, 0.25) is 5.91 Å². The number of carbonyl (C=O) groups excluding carboxylic acids is 1. The van der Waals surface area contributed by atoms with Crippen molar-refractivity contribution in [1.82, 2.24) is 10.5 Å². The topological polar surface area (TPSA) is 55.1 Å². The van der Waals surface area contributed by atoms with Crippen LogP contribution in [0.15, 0.2) is 35.2 Å². The molecule has 2 rings (SSSR count). The molecule has 112 valence electrons. The van der Waals surface area contributed by atoms with Crippen molar-refractivity contribution < 1.29 is 13.7 Å². The molecule has 0 aliphatic heterocycles. The van der Waals surface area contributed by atoms with Crippen LogP contribution in [0.5, 0.6) is 0 Å². The van der Waals surface area contributed by atoms with Gasteiger partial charge in [0.25, 0.3) is 0 Å². The molecular formula is C16H19FN2O2. The Kier molecular flexibility index (Phi) is 5.49. The minimum Gasteiger partial charge on any atom is -0.364 e. The average molecular weight is 290 g/mol. The molecule has 0 unspecified atom stereocenters. The van der Waals surface area contributed by atoms with E-state index in [1.165, 1.54) is 6.07 Å². The summed E-state index contributed by atoms with van der Waals surface area (Å²) in [4.78, 5) is 11.7. The normalized spacial score (nSPS) is 10.6. The maximum Gasteiger partial charge on any atom is 0.220 e. The predicted molar refractivity (Wildman–Crippen MR) is 77.3 cm³/mol. The second-order valence-electron chi connectivity index (χ2n) is 5.07. The lowest BCUT2D eigenvalue weighted by atomic mass is 10.1. The van der Waals surface area contributed by atoms with Crippen molar-refractivity contribution in [2.45, 2.75) is 32.6 Å². The fourth-order valence-electron chi connectivity index (χ4n) is 2.01. The number of halogens is 1. The monoisotopic (exact) mass is 290 g/mol. The summed E-state index contributed by atoms with van der Waals surface area (Å²) in [5, 5.41) is 6.48. The highest BCUT2D eigenvalue weighted by atomic mass is 19.1. The molecule has 0 atom stereocenters. The first kappa shape index (κ1) is 15.2. The van der Waals surface area contributed by atoms with E-state index in [9.17, 15) is 9.18 Å². The van der Waals surface area contributed by atoms with E-state index in [4.69, 9.17) is 4.52 Å². The molecule has 0 saturated carbocycles. The molecule has 1 aromatic carbocycles. The fourth-order valence-corrected chi connectivity index (χ4v) is 2.01. The number of rotatable bonds is 7. The van der Waals surface area contributed by atoms with Gasteiger partial charge in [-0.1, -0.05) is 17.3 Å². The molecule has 0 spiro atoms. The van der Waals surface area contributed by atoms with Gasteiger partial charge in [-0.05, 0) is 43.4 Å². The molecule has 0 saturated heterocycles. The van der Waals surface area contributed by atoms with E-state index in [0.29, 0.717) is 24.9 Å². The first-order valence-electron chi connectivity index (χ1n) is 7.05. The number of benzene rings is 1. The highest BCUT2D eigenvalue weighted by Crippen LogP contribution is 2.10. The van der Waals surface area contributed by atoms with Gasteiger partial charge in [0.1, 0.15) is 12.1 Å². The number of hydrogen-bond donors (Lipinski definition) is 1. The van der Waals surface area contributed by atoms with Crippen LogP contribution in [0.25, 0.3) is 0 Å². The predicted octanol–water partition coefficient (Wildman–Crippen LogP) is 2.80. The van der Waals surface area contributed by atoms with Crippen LogP contribution in [0.4, 0.5) is 4.39 Å². The molecule has 0 fully saturated rings. The van der Waals surface area contributed by atoms with Crippen molar-refractivity contribution in [2.24, 2.45) is 0 Å². The van der Waals surface area contributed by atoms with Crippen molar-refractivity contribution in [2.75, 3.05) is 6.54 Å². The van der Waals surface area contributed by atoms with E-state index < -0.39 is 0 Å². The van der Waals surface area contributed by atoms with Gasteiger partial charge in [0.05, 0.1) is 6.20 Å². The van der Waals surface area contributed by atoms with Crippen LogP contribution in [0, 0.1) is 12.7 Å². The van der Waals surface area contributed by atoms with Crippen LogP contribution >= 0.6 is 0 Å². The van der Waals surface area contributed by atoms with Crippen LogP contribution in [-0.2, 0) is 17.6 Å². The van der Waals surface area contributed by atoms with E-state index >= 15 is 0 Å². The molecule has 2 aromatic rings. The maximum absolute atomic E-state index is 13.4. The van der Waals surface area contributed by atoms with Crippen molar-refractivity contribution in [3.05, 3.63) is 53.2 Å². The molecule has 4 nitrogen and oxygen atoms in total. The van der Waals surface area contributed by atoms with Gasteiger partial charge in [-0.2, -0.15) is 0 Å². The fraction of sp³-hybridized carbons (Fsp3) is 0.375. The second-order valence-corrected chi connectivity index (χ2v) is 5.07. The van der Waals surface area contributed by atoms with Crippen LogP contribution in [-0.4, -0.2) is 17.6 Å². The molecule has 0 aliphatic carbocycles. The van der Waals surface area contributed by atoms with E-state index in [0.717, 1.165) is 24.0 Å². The number of hydrogen-bond acceptors (Lipinski definition) is 3. The molecule has 0 bridgehead atoms. The third-order valence-corrected chi connectivity index (χ3v) is 3.32. The Bertz CT molecular complexity index is 582. The third-order valence-electron chi connectivity index (χ3n) is 3.32. The van der Waals surface area contributed by atoms with E-state index in [-0.39, 0.29) is 11.7 Å². The summed E-state index contributed by atoms with van der Waals surface area (Å²) in [6, 6.07) is 5.09. The molecule has 21 heavy (non-hydrogen) atoms. The summed E-state index contributed by atoms with van der Waals surface area (Å²) in [6.07, 6.45) is 5.87. The lowest BCUT2D eigenvalue weighted by Gasteiger charge is -2.05. The van der Waals surface area contributed by atoms with E-state index in [1.54, 1.807) is 25.5 Å². The number of carbonyl (C=O) groups is 1. The first-order chi connectivity index (χ1) is 10.1. The zero-order chi connectivity index (χ0) is 15.1. The lowest BCUT2D eigenvalue weighted by Crippen LogP contribution is -2.24. The standard InChI is InChI=1S/C16H19FN2O2/c1-12-4-5-13(9-15(12)17)6-7-16(20)18-8-2-3-14-10-19-21-11-14/h4-5,9-11H,2-3,6-8H2,1H3,(H,18,20). The molecule has 0 aliphatic rings. The van der Waals surface area contributed by atoms with Gasteiger partial charge < -0.3 is 9.84 Å². The molecule has 0 radical (unpaired) electrons. The molecule has 1 N–H and O–H groups in total. The SMILES string of the molecule is Cc1ccc(CCC(=O)NCCCc2cnoc2)cc1F. The number of aryl methyl sites for hydroxylation is 3. The van der Waals surface area contributed by atoms with E-state index in [1.807, 2.05) is 6.07 Å². The zero-order valence-electron chi connectivity index (χ0n) is 12.1. The highest BCUT2D eigenvalue weighted by molar-refractivity contribution is 5.76. The Morgan fingerprint density at radius 3 is 2.90 bits per heavy atom. The van der Waals surface area contributed by atoms with Gasteiger partial charge in [0, 0.05) is 18.5 Å². The Morgan fingerprint density at radius 2 is 2.19 bits per heavy atom. The highest BCUT2D eigenvalue weighted by Gasteiger charge is 2.04. The first-order valence-corrected chi connectivity index (χ1v) is 7.05. The van der Waals surface area contributed by atoms with E-state index in [2.05, 4.69) is 10.5 Å². The Balaban J connectivity index is 1.64. The summed E-state index contributed by atoms with van der Waals surface area (Å²) >= 11 is 0. The van der Waals surface area contributed by atoms with Crippen molar-refractivity contribution >= 4 is 5.91 Å². The summed E-state index contributed by atoms with van der Waals surface area (Å²) in [6.45, 7) is 2.34. The number of nitrogens with one attached hydrogen (secondary N) is 1. The summed E-state index contributed by atoms with van der Waals surface area (Å²) < 4.78 is 18.1. The third kappa shape index (κ3) is 5.02. The number of amides is 1. The van der Waals surface area contributed by atoms with Gasteiger partial charge in [-0.3, -0.25) is 4.79 Å². The van der Waals surface area contributed by atoms with Gasteiger partial charge in [-0.15, -0.1) is 0 Å². The Labute approximate surface area is 123 Å². The van der Waals surface area contributed by atoms with Crippen LogP contribution in [0.2, 0.25) is 0 Å². The molecule has 1 amide bonds. The van der Waals surface area contributed by atoms with Crippen LogP contribution < -0.4 is 5.32 Å². The zero-order valence-corrected chi connectivity index (χ0v) is 12.1. The quantitative estimate of drug-likeness (QED) is 0.798. The van der Waals surface area contributed by atoms with Crippen LogP contribution in [0.3, 0.4) is 0 Å². The minimum absolute atomic E-state index is 0.0127. The summed E-state index contributed by atoms with van der Waals surface area (Å²) in [5.41, 5.74) is 2.49. The van der Waals surface area contributed by atoms with Gasteiger partial charge in [-0.25, -0.2) is 4.39 Å². The van der Waals surface area contributed by atoms with Gasteiger partial charge >= 0.3 is 0 Å². The summed E-state index contributed by atoms with van der Waals surface area (Å²) in [5.74, 6) is -0.233. The molecular weight excluding hydrogens is 271 g/mol. The molecule has 5 heteroatoms. The maximum atomic E-state index is 13.4. The minimum atomic E-state index is -0.221. The summed E-state index contributed by atoms with van der Waals surface area (Å²) in [7, 11) is 0. The van der Waals surface area contributed by atoms with Gasteiger partial charge in [0.15, 0.2) is 0 Å². The average Bonchev–Trinajstić information content (AvgIpc) is 2.98.